The minimum atomic E-state index is -0.281. The number of benzene rings is 16. The normalized spacial score (nSPS) is 14.9. The van der Waals surface area contributed by atoms with Crippen LogP contribution in [0.15, 0.2) is 303 Å². The molecule has 0 spiro atoms. The molecule has 16 aromatic carbocycles. The highest BCUT2D eigenvalue weighted by molar-refractivity contribution is 6.98. The molecule has 0 fully saturated rings. The Labute approximate surface area is 813 Å². The van der Waals surface area contributed by atoms with Crippen molar-refractivity contribution in [2.75, 3.05) is 19.6 Å². The smallest absolute Gasteiger partial charge is 0.243 e. The van der Waals surface area contributed by atoms with Gasteiger partial charge in [-0.1, -0.05) is 355 Å². The summed E-state index contributed by atoms with van der Waals surface area (Å²) in [6.45, 7) is 62.9. The van der Waals surface area contributed by atoms with Crippen molar-refractivity contribution in [1.82, 2.24) is 0 Å². The molecule has 2 aliphatic heterocycles. The number of rotatable bonds is 12. The summed E-state index contributed by atoms with van der Waals surface area (Å²) < 4.78 is 0. The van der Waals surface area contributed by atoms with Gasteiger partial charge in [0.25, 0.3) is 0 Å². The van der Waals surface area contributed by atoms with Crippen molar-refractivity contribution >= 4 is 124 Å². The van der Waals surface area contributed by atoms with Crippen LogP contribution in [0.1, 0.15) is 289 Å². The summed E-state index contributed by atoms with van der Waals surface area (Å²) in [7, 11) is 0. The predicted octanol–water partition coefficient (Wildman–Crippen LogP) is 34.9. The summed E-state index contributed by atoms with van der Waals surface area (Å²) in [6, 6.07) is 122. The number of anilines is 12. The summed E-state index contributed by atoms with van der Waals surface area (Å²) in [6.07, 6.45) is 2.60. The van der Waals surface area contributed by atoms with E-state index < -0.39 is 0 Å². The van der Waals surface area contributed by atoms with E-state index >= 15 is 0 Å². The molecule has 5 heteroatoms. The molecule has 4 aliphatic rings. The summed E-state index contributed by atoms with van der Waals surface area (Å²) in [5.41, 5.74) is 42.6. The lowest BCUT2D eigenvalue weighted by Crippen LogP contribution is -2.63. The zero-order valence-electron chi connectivity index (χ0n) is 86.0. The maximum absolute atomic E-state index is 2.79. The third kappa shape index (κ3) is 16.4. The Morgan fingerprint density at radius 3 is 0.816 bits per heavy atom. The summed E-state index contributed by atoms with van der Waals surface area (Å²) in [5.74, 6) is -0.0776. The van der Waals surface area contributed by atoms with Gasteiger partial charge in [-0.25, -0.2) is 0 Å². The Kier molecular flexibility index (Phi) is 21.9. The molecule has 0 saturated heterocycles. The molecule has 0 radical (unpaired) electrons. The number of aryl methyl sites for hydroxylation is 1. The lowest BCUT2D eigenvalue weighted by Gasteiger charge is -2.45. The van der Waals surface area contributed by atoms with E-state index in [0.717, 1.165) is 87.5 Å². The molecular formula is C131H139BN4. The quantitative estimate of drug-likeness (QED) is 0.0893. The molecule has 2 heterocycles. The molecule has 136 heavy (non-hydrogen) atoms. The van der Waals surface area contributed by atoms with Crippen LogP contribution in [-0.2, 0) is 61.6 Å². The highest BCUT2D eigenvalue weighted by Crippen LogP contribution is 2.57. The van der Waals surface area contributed by atoms with Gasteiger partial charge in [-0.15, -0.1) is 0 Å². The first-order chi connectivity index (χ1) is 64.1. The summed E-state index contributed by atoms with van der Waals surface area (Å²) >= 11 is 0. The largest absolute Gasteiger partial charge is 0.311 e. The van der Waals surface area contributed by atoms with Crippen molar-refractivity contribution in [3.8, 4) is 22.3 Å². The van der Waals surface area contributed by atoms with Crippen LogP contribution in [0.25, 0.3) is 54.6 Å². The lowest BCUT2D eigenvalue weighted by atomic mass is 9.28. The van der Waals surface area contributed by atoms with Crippen LogP contribution in [-0.4, -0.2) is 6.71 Å². The molecule has 0 bridgehead atoms. The maximum Gasteiger partial charge on any atom is 0.243 e. The second kappa shape index (κ2) is 32.6. The van der Waals surface area contributed by atoms with E-state index in [1.54, 1.807) is 0 Å². The number of nitrogens with zero attached hydrogens (tertiary/aromatic N) is 4. The van der Waals surface area contributed by atoms with Crippen LogP contribution in [0.2, 0.25) is 0 Å². The van der Waals surface area contributed by atoms with Crippen molar-refractivity contribution in [1.29, 1.82) is 0 Å². The third-order valence-corrected chi connectivity index (χ3v) is 30.7. The number of fused-ring (bicyclic) bond motifs is 15. The Bertz CT molecular complexity index is 7120. The molecule has 4 nitrogen and oxygen atoms in total. The van der Waals surface area contributed by atoms with Crippen molar-refractivity contribution in [3.63, 3.8) is 0 Å². The third-order valence-electron chi connectivity index (χ3n) is 30.7. The second-order valence-electron chi connectivity index (χ2n) is 49.4. The highest BCUT2D eigenvalue weighted by Gasteiger charge is 2.50. The Morgan fingerprint density at radius 1 is 0.213 bits per heavy atom. The van der Waals surface area contributed by atoms with Gasteiger partial charge in [-0.3, -0.25) is 0 Å². The van der Waals surface area contributed by atoms with Crippen molar-refractivity contribution in [3.05, 3.63) is 387 Å². The molecule has 686 valence electrons. The fourth-order valence-corrected chi connectivity index (χ4v) is 22.7. The van der Waals surface area contributed by atoms with Gasteiger partial charge in [0.1, 0.15) is 0 Å². The van der Waals surface area contributed by atoms with Gasteiger partial charge in [0.05, 0.1) is 0 Å². The lowest BCUT2D eigenvalue weighted by molar-refractivity contribution is 0.590. The molecule has 0 N–H and O–H groups in total. The first-order valence-electron chi connectivity index (χ1n) is 50.2. The van der Waals surface area contributed by atoms with Gasteiger partial charge in [-0.05, 0) is 358 Å². The van der Waals surface area contributed by atoms with Gasteiger partial charge >= 0.3 is 0 Å². The first kappa shape index (κ1) is 91.3. The highest BCUT2D eigenvalue weighted by atomic mass is 15.2. The first-order valence-corrected chi connectivity index (χ1v) is 50.2. The van der Waals surface area contributed by atoms with Crippen LogP contribution in [0.4, 0.5) is 68.2 Å². The molecule has 0 amide bonds. The van der Waals surface area contributed by atoms with E-state index in [1.807, 2.05) is 0 Å². The van der Waals surface area contributed by atoms with Gasteiger partial charge in [0, 0.05) is 80.1 Å². The number of hydrogen-bond donors (Lipinski definition) is 0. The van der Waals surface area contributed by atoms with E-state index in [0.29, 0.717) is 0 Å². The zero-order valence-corrected chi connectivity index (χ0v) is 86.0. The molecule has 2 atom stereocenters. The monoisotopic (exact) mass is 1780 g/mol. The van der Waals surface area contributed by atoms with Crippen LogP contribution in [0.5, 0.6) is 0 Å². The van der Waals surface area contributed by atoms with E-state index in [4.69, 9.17) is 0 Å². The fraction of sp³-hybridized carbons (Fsp3) is 0.313. The SMILES string of the molecule is CC(C)(C)c1ccc(N(c2ccc(C(C)(C)C)cc2)c2ccc3c(c2)-c2cc(N(c4ccc(C(C)(C)C)cc4)c4ccc(C(C)(C)C)cc4)cc4c2C(CC3)c2cc3c5ccc(C(C)(C)C)cc5c5ccccc5c3c3c2B4c2cc(N(c4ccc(C(C)(C)C)cc4)c4ccc(C(C)(C)C)cc4)cc4c2C3Cc2ccc(N(c3ccc(C(C)(C)C)cc3)c3ccc(C(C)(C)C)cc3)cc2-4)cc1. The molecule has 0 saturated carbocycles. The van der Waals surface area contributed by atoms with E-state index in [-0.39, 0.29) is 67.3 Å². The molecule has 0 aromatic heterocycles. The molecule has 16 aromatic rings. The maximum atomic E-state index is 2.79. The van der Waals surface area contributed by atoms with Crippen molar-refractivity contribution in [2.24, 2.45) is 0 Å². The van der Waals surface area contributed by atoms with E-state index in [1.165, 1.54) is 154 Å². The molecule has 20 rings (SSSR count). The standard InChI is InChI=1S/C131H139BN4/c1-123(2,3)83-35-54-92(55-36-83)133(93-56-37-84(38-57-93)124(4,5)6)100-52-32-81-34-70-107-114-80-113-105-71-51-91(131(25,26)27)73-110(105)104-30-28-29-31-106(104)120(113)121-115-72-82-33-53-101(134(94-58-39-85(40-59-94)125(7,8)9)95-60-41-86(42-61-95)126(10,11)12)75-109(82)112-77-103(136(98-66-47-89(48-67-98)129(19,20)21)99-68-49-90(50-69-99)130(22,23)24)79-117(119(112)115)132(122(114)121)116-78-102(76-111(118(107)116)108(81)74-100)135(96-62-43-87(44-63-96)127(13,14)15)97-64-45-88(46-65-97)128(16,17)18/h28-33,35-69,71,73-80,107,115H,34,70,72H2,1-27H3. The van der Waals surface area contributed by atoms with Gasteiger partial charge in [-0.2, -0.15) is 0 Å². The predicted molar refractivity (Wildman–Crippen MR) is 590 cm³/mol. The average molecular weight is 1780 g/mol. The van der Waals surface area contributed by atoms with E-state index in [2.05, 4.69) is 510 Å². The Balaban J connectivity index is 0.953. The fourth-order valence-electron chi connectivity index (χ4n) is 22.7. The molecular weight excluding hydrogens is 1640 g/mol. The van der Waals surface area contributed by atoms with Crippen LogP contribution < -0.4 is 36.0 Å². The summed E-state index contributed by atoms with van der Waals surface area (Å²) in [4.78, 5) is 10.3. The Morgan fingerprint density at radius 2 is 0.485 bits per heavy atom. The Hall–Kier alpha value is -12.4. The van der Waals surface area contributed by atoms with Crippen molar-refractivity contribution < 1.29 is 0 Å². The average Bonchev–Trinajstić information content (AvgIpc) is 0.894. The van der Waals surface area contributed by atoms with Crippen molar-refractivity contribution in [2.45, 2.75) is 267 Å². The second-order valence-corrected chi connectivity index (χ2v) is 49.4. The number of hydrogen-bond acceptors (Lipinski definition) is 4. The minimum absolute atomic E-state index is 0.0149. The minimum Gasteiger partial charge on any atom is -0.311 e. The molecule has 2 aliphatic carbocycles. The van der Waals surface area contributed by atoms with Crippen LogP contribution in [0, 0.1) is 0 Å². The van der Waals surface area contributed by atoms with Crippen LogP contribution >= 0.6 is 0 Å². The van der Waals surface area contributed by atoms with Gasteiger partial charge in [0.2, 0.25) is 6.71 Å². The molecule has 2 unspecified atom stereocenters. The summed E-state index contributed by atoms with van der Waals surface area (Å²) in [5, 5.41) is 7.99. The van der Waals surface area contributed by atoms with Crippen LogP contribution in [0.3, 0.4) is 0 Å². The van der Waals surface area contributed by atoms with Gasteiger partial charge < -0.3 is 19.6 Å². The van der Waals surface area contributed by atoms with Gasteiger partial charge in [0.15, 0.2) is 0 Å². The zero-order chi connectivity index (χ0) is 96.1. The van der Waals surface area contributed by atoms with E-state index in [9.17, 15) is 0 Å². The topological polar surface area (TPSA) is 13.0 Å².